The first kappa shape index (κ1) is 24.6. The molecular weight excluding hydrogens is 517 g/mol. The third-order valence-corrected chi connectivity index (χ3v) is 9.57. The molecule has 1 saturated heterocycles. The van der Waals surface area contributed by atoms with Gasteiger partial charge >= 0.3 is 0 Å². The van der Waals surface area contributed by atoms with Gasteiger partial charge in [-0.25, -0.2) is 13.4 Å². The van der Waals surface area contributed by atoms with Crippen molar-refractivity contribution in [3.63, 3.8) is 0 Å². The van der Waals surface area contributed by atoms with E-state index in [1.54, 1.807) is 13.3 Å². The third-order valence-electron chi connectivity index (χ3n) is 5.86. The maximum absolute atomic E-state index is 13.6. The summed E-state index contributed by atoms with van der Waals surface area (Å²) in [5, 5.41) is 8.04. The normalized spacial score (nSPS) is 14.9. The Balaban J connectivity index is 1.47. The largest absolute Gasteiger partial charge is 0.497 e. The van der Waals surface area contributed by atoms with Crippen molar-refractivity contribution in [3.8, 4) is 5.75 Å². The summed E-state index contributed by atoms with van der Waals surface area (Å²) in [5.74, 6) is 0.291. The van der Waals surface area contributed by atoms with Gasteiger partial charge in [-0.15, -0.1) is 11.3 Å². The average Bonchev–Trinajstić information content (AvgIpc) is 3.59. The first-order valence-electron chi connectivity index (χ1n) is 11.4. The summed E-state index contributed by atoms with van der Waals surface area (Å²) in [6.45, 7) is 1.05. The van der Waals surface area contributed by atoms with Crippen LogP contribution in [0.25, 0.3) is 10.2 Å². The number of aromatic nitrogens is 1. The fourth-order valence-electron chi connectivity index (χ4n) is 3.92. The lowest BCUT2D eigenvalue weighted by atomic mass is 10.2. The van der Waals surface area contributed by atoms with Crippen molar-refractivity contribution in [1.82, 2.24) is 9.29 Å². The van der Waals surface area contributed by atoms with Gasteiger partial charge in [0.25, 0.3) is 5.91 Å². The van der Waals surface area contributed by atoms with E-state index in [9.17, 15) is 13.2 Å². The quantitative estimate of drug-likeness (QED) is 0.237. The first-order chi connectivity index (χ1) is 17.5. The summed E-state index contributed by atoms with van der Waals surface area (Å²) in [6.07, 6.45) is 4.38. The molecule has 2 aromatic heterocycles. The Hall–Kier alpha value is -3.12. The van der Waals surface area contributed by atoms with E-state index in [0.29, 0.717) is 29.5 Å². The lowest BCUT2D eigenvalue weighted by Gasteiger charge is -2.25. The molecule has 4 aromatic rings. The molecule has 0 radical (unpaired) electrons. The molecule has 0 atom stereocenters. The number of thiazole rings is 1. The highest BCUT2D eigenvalue weighted by Gasteiger charge is 2.27. The van der Waals surface area contributed by atoms with Crippen LogP contribution in [0.1, 0.15) is 34.5 Å². The monoisotopic (exact) mass is 540 g/mol. The van der Waals surface area contributed by atoms with Crippen molar-refractivity contribution in [3.05, 3.63) is 70.4 Å². The molecule has 0 unspecified atom stereocenters. The zero-order valence-corrected chi connectivity index (χ0v) is 22.0. The van der Waals surface area contributed by atoms with Crippen molar-refractivity contribution >= 4 is 60.2 Å². The zero-order chi connectivity index (χ0) is 25.1. The first-order valence-corrected chi connectivity index (χ1v) is 14.6. The van der Waals surface area contributed by atoms with Gasteiger partial charge in [0.15, 0.2) is 0 Å². The van der Waals surface area contributed by atoms with Crippen LogP contribution in [-0.2, 0) is 10.0 Å². The second-order valence-electron chi connectivity index (χ2n) is 8.20. The van der Waals surface area contributed by atoms with Gasteiger partial charge < -0.3 is 4.74 Å². The zero-order valence-electron chi connectivity index (χ0n) is 19.5. The van der Waals surface area contributed by atoms with E-state index in [1.165, 1.54) is 56.3 Å². The molecule has 0 spiro atoms. The molecule has 1 fully saturated rings. The standard InChI is InChI=1S/C25H24N4O4S3/c1-33-19-9-12-22-23(16-19)35-25(27-22)29(26-17-20-6-5-15-34-20)24(30)18-7-10-21(11-8-18)36(31,32)28-13-3-2-4-14-28/h5-12,15-17H,2-4,13-14H2,1H3/b26-17+. The fourth-order valence-corrected chi connectivity index (χ4v) is 6.97. The lowest BCUT2D eigenvalue weighted by Crippen LogP contribution is -2.35. The highest BCUT2D eigenvalue weighted by atomic mass is 32.2. The minimum absolute atomic E-state index is 0.182. The minimum atomic E-state index is -3.58. The average molecular weight is 541 g/mol. The van der Waals surface area contributed by atoms with Crippen LogP contribution in [0, 0.1) is 0 Å². The Morgan fingerprint density at radius 1 is 1.11 bits per heavy atom. The van der Waals surface area contributed by atoms with Crippen molar-refractivity contribution in [1.29, 1.82) is 0 Å². The van der Waals surface area contributed by atoms with E-state index in [2.05, 4.69) is 10.1 Å². The highest BCUT2D eigenvalue weighted by molar-refractivity contribution is 7.89. The summed E-state index contributed by atoms with van der Waals surface area (Å²) in [4.78, 5) is 19.2. The molecule has 11 heteroatoms. The molecule has 2 aromatic carbocycles. The van der Waals surface area contributed by atoms with E-state index >= 15 is 0 Å². The van der Waals surface area contributed by atoms with Crippen LogP contribution in [0.4, 0.5) is 5.13 Å². The number of fused-ring (bicyclic) bond motifs is 1. The molecule has 0 aliphatic carbocycles. The lowest BCUT2D eigenvalue weighted by molar-refractivity contribution is 0.0987. The van der Waals surface area contributed by atoms with Crippen LogP contribution < -0.4 is 9.75 Å². The number of methoxy groups -OCH3 is 1. The fraction of sp³-hybridized carbons (Fsp3) is 0.240. The Morgan fingerprint density at radius 3 is 2.58 bits per heavy atom. The second-order valence-corrected chi connectivity index (χ2v) is 12.1. The van der Waals surface area contributed by atoms with Gasteiger partial charge in [0.05, 0.1) is 28.4 Å². The van der Waals surface area contributed by atoms with E-state index in [1.807, 2.05) is 35.7 Å². The number of ether oxygens (including phenoxy) is 1. The molecule has 8 nitrogen and oxygen atoms in total. The van der Waals surface area contributed by atoms with Crippen molar-refractivity contribution in [2.24, 2.45) is 5.10 Å². The maximum atomic E-state index is 13.6. The molecule has 36 heavy (non-hydrogen) atoms. The van der Waals surface area contributed by atoms with Crippen molar-refractivity contribution in [2.45, 2.75) is 24.2 Å². The number of amides is 1. The van der Waals surface area contributed by atoms with E-state index < -0.39 is 15.9 Å². The number of hydrogen-bond donors (Lipinski definition) is 0. The number of nitrogens with zero attached hydrogens (tertiary/aromatic N) is 4. The number of thiophene rings is 1. The number of carbonyl (C=O) groups is 1. The van der Waals surface area contributed by atoms with Gasteiger partial charge in [0, 0.05) is 23.5 Å². The maximum Gasteiger partial charge on any atom is 0.280 e. The molecule has 1 aliphatic rings. The Kier molecular flexibility index (Phi) is 7.15. The smallest absolute Gasteiger partial charge is 0.280 e. The SMILES string of the molecule is COc1ccc2nc(N(/N=C/c3cccs3)C(=O)c3ccc(S(=O)(=O)N4CCCCC4)cc3)sc2c1. The van der Waals surface area contributed by atoms with Crippen molar-refractivity contribution < 1.29 is 17.9 Å². The van der Waals surface area contributed by atoms with Gasteiger partial charge in [-0.3, -0.25) is 4.79 Å². The van der Waals surface area contributed by atoms with E-state index in [0.717, 1.165) is 34.4 Å². The molecule has 0 N–H and O–H groups in total. The molecule has 1 aliphatic heterocycles. The summed E-state index contributed by atoms with van der Waals surface area (Å²) in [5.41, 5.74) is 1.04. The minimum Gasteiger partial charge on any atom is -0.497 e. The molecular formula is C25H24N4O4S3. The predicted octanol–water partition coefficient (Wildman–Crippen LogP) is 5.22. The van der Waals surface area contributed by atoms with Crippen LogP contribution in [0.15, 0.2) is 70.0 Å². The number of benzene rings is 2. The Labute approximate surface area is 217 Å². The molecule has 0 bridgehead atoms. The van der Waals surface area contributed by atoms with E-state index in [4.69, 9.17) is 4.74 Å². The Bertz CT molecular complexity index is 1490. The Morgan fingerprint density at radius 2 is 1.89 bits per heavy atom. The number of hydrazone groups is 1. The van der Waals surface area contributed by atoms with E-state index in [-0.39, 0.29) is 4.90 Å². The molecule has 186 valence electrons. The van der Waals surface area contributed by atoms with Crippen LogP contribution >= 0.6 is 22.7 Å². The van der Waals surface area contributed by atoms with Gasteiger partial charge in [0.2, 0.25) is 15.2 Å². The van der Waals surface area contributed by atoms with Gasteiger partial charge in [-0.2, -0.15) is 14.4 Å². The molecule has 1 amide bonds. The van der Waals surface area contributed by atoms with Gasteiger partial charge in [-0.1, -0.05) is 23.8 Å². The third kappa shape index (κ3) is 5.05. The number of carbonyl (C=O) groups excluding carboxylic acids is 1. The van der Waals surface area contributed by atoms with Crippen molar-refractivity contribution in [2.75, 3.05) is 25.2 Å². The summed E-state index contributed by atoms with van der Waals surface area (Å²) in [6, 6.07) is 15.4. The summed E-state index contributed by atoms with van der Waals surface area (Å²) in [7, 11) is -1.99. The molecule has 0 saturated carbocycles. The summed E-state index contributed by atoms with van der Waals surface area (Å²) < 4.78 is 33.7. The number of piperidine rings is 1. The molecule has 5 rings (SSSR count). The highest BCUT2D eigenvalue weighted by Crippen LogP contribution is 2.32. The van der Waals surface area contributed by atoms with Crippen LogP contribution in [0.5, 0.6) is 5.75 Å². The van der Waals surface area contributed by atoms with Gasteiger partial charge in [0.1, 0.15) is 5.75 Å². The van der Waals surface area contributed by atoms with Gasteiger partial charge in [-0.05, 0) is 66.8 Å². The number of anilines is 1. The number of hydrogen-bond acceptors (Lipinski definition) is 8. The number of sulfonamides is 1. The van der Waals surface area contributed by atoms with Crippen LogP contribution in [0.3, 0.4) is 0 Å². The predicted molar refractivity (Wildman–Crippen MR) is 144 cm³/mol. The molecule has 3 heterocycles. The summed E-state index contributed by atoms with van der Waals surface area (Å²) >= 11 is 2.83. The topological polar surface area (TPSA) is 92.2 Å². The van der Waals surface area contributed by atoms with Crippen LogP contribution in [0.2, 0.25) is 0 Å². The number of rotatable bonds is 7. The second kappa shape index (κ2) is 10.5. The van der Waals surface area contributed by atoms with Crippen LogP contribution in [-0.4, -0.2) is 50.0 Å².